The molecule has 9 N–H and O–H groups in total. The van der Waals surface area contributed by atoms with Crippen molar-refractivity contribution in [2.75, 3.05) is 93.8 Å². The number of likely N-dealkylation sites (tertiary alicyclic amines) is 1. The van der Waals surface area contributed by atoms with E-state index in [1.54, 1.807) is 79.5 Å². The van der Waals surface area contributed by atoms with Crippen LogP contribution in [0.3, 0.4) is 0 Å². The molecule has 1 aromatic carbocycles. The first-order valence-corrected chi connectivity index (χ1v) is 34.0. The molecule has 0 aliphatic carbocycles. The molecule has 0 spiro atoms. The number of rotatable bonds is 43. The second-order valence-corrected chi connectivity index (χ2v) is 26.3. The van der Waals surface area contributed by atoms with Crippen LogP contribution in [0.4, 0.5) is 4.79 Å². The van der Waals surface area contributed by atoms with Gasteiger partial charge in [-0.2, -0.15) is 0 Å². The fourth-order valence-electron chi connectivity index (χ4n) is 12.5. The van der Waals surface area contributed by atoms with Crippen LogP contribution in [0.2, 0.25) is 0 Å². The third-order valence-corrected chi connectivity index (χ3v) is 18.5. The Labute approximate surface area is 563 Å². The van der Waals surface area contributed by atoms with E-state index in [1.807, 2.05) is 45.9 Å². The Bertz CT molecular complexity index is 2680. The second-order valence-electron chi connectivity index (χ2n) is 26.3. The van der Waals surface area contributed by atoms with Crippen molar-refractivity contribution in [2.45, 2.75) is 195 Å². The zero-order valence-electron chi connectivity index (χ0n) is 59.4. The summed E-state index contributed by atoms with van der Waals surface area (Å²) in [4.78, 5) is 159. The van der Waals surface area contributed by atoms with E-state index in [0.29, 0.717) is 77.1 Å². The average Bonchev–Trinajstić information content (AvgIpc) is 1.80. The predicted molar refractivity (Wildman–Crippen MR) is 361 cm³/mol. The summed E-state index contributed by atoms with van der Waals surface area (Å²) in [7, 11) is 6.04. The number of carbonyl (C=O) groups excluding carboxylic acids is 11. The number of hydrogen-bond donors (Lipinski definition) is 8. The van der Waals surface area contributed by atoms with Gasteiger partial charge in [0.25, 0.3) is 11.8 Å². The molecule has 0 aromatic heterocycles. The molecule has 1 saturated heterocycles. The number of aliphatic hydroxyl groups is 1. The Hall–Kier alpha value is -7.07. The lowest BCUT2D eigenvalue weighted by Gasteiger charge is -2.41. The maximum Gasteiger partial charge on any atom is 0.312 e. The average molecular weight is 1340 g/mol. The van der Waals surface area contributed by atoms with Crippen LogP contribution >= 0.6 is 0 Å². The number of nitrogens with two attached hydrogens (primary N) is 1. The maximum absolute atomic E-state index is 14.9. The Morgan fingerprint density at radius 1 is 0.695 bits per heavy atom. The summed E-state index contributed by atoms with van der Waals surface area (Å²) in [5.41, 5.74) is 5.95. The maximum atomic E-state index is 14.9. The molecule has 2 aliphatic rings. The topological polar surface area (TPSA) is 344 Å². The number of nitrogens with zero attached hydrogens (tertiary/aromatic N) is 6. The zero-order chi connectivity index (χ0) is 71.4. The van der Waals surface area contributed by atoms with E-state index in [-0.39, 0.29) is 67.7 Å². The summed E-state index contributed by atoms with van der Waals surface area (Å²) >= 11 is 0. The molecule has 1 aromatic rings. The summed E-state index contributed by atoms with van der Waals surface area (Å²) in [5, 5.41) is 27.5. The molecule has 0 radical (unpaired) electrons. The number of methoxy groups -OCH3 is 2. The van der Waals surface area contributed by atoms with Crippen molar-refractivity contribution in [3.05, 3.63) is 48.0 Å². The van der Waals surface area contributed by atoms with Crippen molar-refractivity contribution in [1.82, 2.24) is 61.3 Å². The lowest BCUT2D eigenvalue weighted by Crippen LogP contribution is -2.61. The molecule has 12 atom stereocenters. The highest BCUT2D eigenvalue weighted by atomic mass is 16.5. The quantitative estimate of drug-likeness (QED) is 0.0344. The number of aliphatic hydroxyl groups excluding tert-OH is 1. The summed E-state index contributed by atoms with van der Waals surface area (Å²) in [6.45, 7) is 26.0. The van der Waals surface area contributed by atoms with Crippen molar-refractivity contribution < 1.29 is 67.3 Å². The predicted octanol–water partition coefficient (Wildman–Crippen LogP) is 2.31. The Morgan fingerprint density at radius 3 is 1.85 bits per heavy atom. The second kappa shape index (κ2) is 41.1. The van der Waals surface area contributed by atoms with Gasteiger partial charge < -0.3 is 76.7 Å². The van der Waals surface area contributed by atoms with Gasteiger partial charge in [0.2, 0.25) is 47.3 Å². The number of urea groups is 1. The number of likely N-dealkylation sites (N-methyl/N-ethyl adjacent to an activating group) is 4. The Kier molecular flexibility index (Phi) is 35.6. The van der Waals surface area contributed by atoms with Crippen LogP contribution in [-0.2, 0) is 57.4 Å². The highest BCUT2D eigenvalue weighted by Gasteiger charge is 2.44. The number of benzene rings is 1. The van der Waals surface area contributed by atoms with Gasteiger partial charge in [0, 0.05) is 86.2 Å². The standard InChI is InChI=1S/C68H115N13O14/c1-17-45(10)60(51(94-15)40-55(85)80-35-24-29-50(80)62(95-16)46(11)63(88)72-47(12)61(87)48-26-21-20-22-27-48)77(14)67(92)58(43(6)7)75-66(91)59(44(8)9)76(13)56(86)41-71-64(89)49(28-23-33-70-68(69)93)73-65(90)57(42(4)5)74-52(82)32-37-79(19-3)39-38-78(18-2)34-25-36-81-53(83)30-31-54(81)84/h20-22,26-27,30-31,42-47,49-51,57-62,87H,17-19,23-25,28-29,32-41H2,1-16H3,(H,71,89)(H,72,88)(H,73,90)(H,74,82)(H,75,91)(H3,69,70,93)/t45-,46+,47+,49-,50-,51+,57-,58-,59-,60-,61+,62+/m0/s1. The fourth-order valence-corrected chi connectivity index (χ4v) is 12.5. The monoisotopic (exact) mass is 1340 g/mol. The van der Waals surface area contributed by atoms with Gasteiger partial charge in [-0.3, -0.25) is 52.8 Å². The number of imide groups is 1. The van der Waals surface area contributed by atoms with Crippen molar-refractivity contribution in [3.8, 4) is 0 Å². The first-order valence-electron chi connectivity index (χ1n) is 34.0. The molecule has 1 fully saturated rings. The van der Waals surface area contributed by atoms with Gasteiger partial charge in [-0.05, 0) is 87.9 Å². The van der Waals surface area contributed by atoms with Gasteiger partial charge in [-0.25, -0.2) is 4.79 Å². The minimum atomic E-state index is -1.24. The van der Waals surface area contributed by atoms with Crippen molar-refractivity contribution in [1.29, 1.82) is 0 Å². The summed E-state index contributed by atoms with van der Waals surface area (Å²) < 4.78 is 12.1. The Balaban J connectivity index is 1.70. The molecule has 2 heterocycles. The fraction of sp³-hybridized carbons (Fsp3) is 0.721. The molecule has 3 rings (SSSR count). The van der Waals surface area contributed by atoms with E-state index in [4.69, 9.17) is 15.2 Å². The van der Waals surface area contributed by atoms with Crippen LogP contribution in [0, 0.1) is 29.6 Å². The van der Waals surface area contributed by atoms with E-state index in [1.165, 1.54) is 48.1 Å². The molecule has 12 amide bonds. The third kappa shape index (κ3) is 25.1. The van der Waals surface area contributed by atoms with E-state index < -0.39 is 126 Å². The third-order valence-electron chi connectivity index (χ3n) is 18.5. The SMILES string of the molecule is CC[C@H](C)[C@@H]([C@@H](CC(=O)N1CCC[C@H]1[C@H](OC)[C@@H](C)C(=O)N[C@H](C)[C@@H](O)c1ccccc1)OC)N(C)C(=O)[C@@H](NC(=O)[C@H](C(C)C)N(C)C(=O)CNC(=O)[C@H](CCCNC(N)=O)NC(=O)[C@@H](NC(=O)CCN(CC)CCN(CC)CCCN1C(=O)C=CC1=O)C(C)C)C(C)C. The van der Waals surface area contributed by atoms with Gasteiger partial charge in [0.15, 0.2) is 0 Å². The number of carbonyl (C=O) groups is 11. The normalized spacial score (nSPS) is 17.6. The van der Waals surface area contributed by atoms with Gasteiger partial charge in [0.05, 0.1) is 55.3 Å². The number of ether oxygens (including phenoxy) is 2. The van der Waals surface area contributed by atoms with Crippen LogP contribution in [0.15, 0.2) is 42.5 Å². The number of nitrogens with one attached hydrogen (secondary N) is 6. The van der Waals surface area contributed by atoms with Crippen LogP contribution < -0.4 is 37.6 Å². The number of amides is 12. The van der Waals surface area contributed by atoms with E-state index >= 15 is 0 Å². The minimum absolute atomic E-state index is 0.000136. The van der Waals surface area contributed by atoms with Gasteiger partial charge >= 0.3 is 6.03 Å². The highest BCUT2D eigenvalue weighted by molar-refractivity contribution is 6.12. The lowest BCUT2D eigenvalue weighted by atomic mass is 9.89. The molecular formula is C68H115N13O14. The van der Waals surface area contributed by atoms with E-state index in [2.05, 4.69) is 41.7 Å². The van der Waals surface area contributed by atoms with E-state index in [0.717, 1.165) is 6.54 Å². The summed E-state index contributed by atoms with van der Waals surface area (Å²) in [6, 6.07) is 2.02. The first-order chi connectivity index (χ1) is 44.9. The van der Waals surface area contributed by atoms with Crippen molar-refractivity contribution in [3.63, 3.8) is 0 Å². The first kappa shape index (κ1) is 82.2. The summed E-state index contributed by atoms with van der Waals surface area (Å²) in [5.74, 6) is -6.97. The molecule has 0 bridgehead atoms. The number of hydrogen-bond acceptors (Lipinski definition) is 16. The molecule has 0 unspecified atom stereocenters. The molecular weight excluding hydrogens is 1220 g/mol. The molecule has 2 aliphatic heterocycles. The van der Waals surface area contributed by atoms with Crippen LogP contribution in [-0.4, -0.2) is 248 Å². The molecule has 95 heavy (non-hydrogen) atoms. The van der Waals surface area contributed by atoms with E-state index in [9.17, 15) is 57.8 Å². The highest BCUT2D eigenvalue weighted by Crippen LogP contribution is 2.30. The molecule has 27 heteroatoms. The van der Waals surface area contributed by atoms with Crippen LogP contribution in [0.25, 0.3) is 0 Å². The van der Waals surface area contributed by atoms with Gasteiger partial charge in [-0.1, -0.05) is 113 Å². The molecule has 0 saturated carbocycles. The van der Waals surface area contributed by atoms with Gasteiger partial charge in [0.1, 0.15) is 24.2 Å². The smallest absolute Gasteiger partial charge is 0.312 e. The molecule has 536 valence electrons. The largest absolute Gasteiger partial charge is 0.386 e. The van der Waals surface area contributed by atoms with Crippen molar-refractivity contribution in [2.24, 2.45) is 35.3 Å². The van der Waals surface area contributed by atoms with Crippen molar-refractivity contribution >= 4 is 65.1 Å². The zero-order valence-corrected chi connectivity index (χ0v) is 59.4. The lowest BCUT2D eigenvalue weighted by molar-refractivity contribution is -0.148. The summed E-state index contributed by atoms with van der Waals surface area (Å²) in [6.07, 6.45) is 2.75. The minimum Gasteiger partial charge on any atom is -0.386 e. The van der Waals surface area contributed by atoms with Crippen LogP contribution in [0.5, 0.6) is 0 Å². The van der Waals surface area contributed by atoms with Crippen LogP contribution in [0.1, 0.15) is 146 Å². The molecule has 27 nitrogen and oxygen atoms in total. The Morgan fingerprint density at radius 2 is 1.31 bits per heavy atom. The van der Waals surface area contributed by atoms with Gasteiger partial charge in [-0.15, -0.1) is 0 Å². The number of primary amides is 1.